The zero-order chi connectivity index (χ0) is 8.27. The highest BCUT2D eigenvalue weighted by Crippen LogP contribution is 2.22. The minimum absolute atomic E-state index is 0.422. The highest BCUT2D eigenvalue weighted by molar-refractivity contribution is 6.16. The van der Waals surface area contributed by atoms with Gasteiger partial charge in [0.2, 0.25) is 0 Å². The van der Waals surface area contributed by atoms with Gasteiger partial charge in [-0.05, 0) is 6.42 Å². The molecule has 0 aliphatic heterocycles. The van der Waals surface area contributed by atoms with Crippen LogP contribution < -0.4 is 0 Å². The van der Waals surface area contributed by atoms with E-state index >= 15 is 0 Å². The van der Waals surface area contributed by atoms with Gasteiger partial charge in [-0.15, -0.1) is 11.6 Å². The molecule has 1 heterocycles. The third kappa shape index (κ3) is 1.74. The first kappa shape index (κ1) is 8.60. The molecule has 1 aromatic rings. The molecule has 1 rings (SSSR count). The lowest BCUT2D eigenvalue weighted by Crippen LogP contribution is -1.93. The molecule has 0 radical (unpaired) electrons. The molecule has 11 heavy (non-hydrogen) atoms. The van der Waals surface area contributed by atoms with Crippen molar-refractivity contribution in [2.75, 3.05) is 0 Å². The van der Waals surface area contributed by atoms with Crippen molar-refractivity contribution in [2.24, 2.45) is 0 Å². The second kappa shape index (κ2) is 3.77. The highest BCUT2D eigenvalue weighted by atomic mass is 35.5. The summed E-state index contributed by atoms with van der Waals surface area (Å²) in [6.45, 7) is 4.22. The molecule has 0 aliphatic rings. The molecule has 0 fully saturated rings. The van der Waals surface area contributed by atoms with Crippen molar-refractivity contribution in [2.45, 2.75) is 32.1 Å². The summed E-state index contributed by atoms with van der Waals surface area (Å²) < 4.78 is 5.21. The van der Waals surface area contributed by atoms with Gasteiger partial charge in [0.15, 0.2) is 6.39 Å². The molecule has 0 amide bonds. The quantitative estimate of drug-likeness (QED) is 0.657. The Balaban J connectivity index is 2.83. The van der Waals surface area contributed by atoms with E-state index in [-0.39, 0.29) is 0 Å². The van der Waals surface area contributed by atoms with Crippen molar-refractivity contribution in [1.29, 1.82) is 0 Å². The molecular weight excluding hydrogens is 162 g/mol. The predicted molar refractivity (Wildman–Crippen MR) is 44.8 cm³/mol. The summed E-state index contributed by atoms with van der Waals surface area (Å²) in [5, 5.41) is 0. The van der Waals surface area contributed by atoms with Crippen molar-refractivity contribution in [3.05, 3.63) is 17.8 Å². The molecule has 0 saturated heterocycles. The van der Waals surface area contributed by atoms with E-state index in [2.05, 4.69) is 18.8 Å². The summed E-state index contributed by atoms with van der Waals surface area (Å²) in [6, 6.07) is 0. The number of rotatable bonds is 3. The van der Waals surface area contributed by atoms with E-state index in [1.165, 1.54) is 6.39 Å². The third-order valence-corrected chi connectivity index (χ3v) is 2.11. The van der Waals surface area contributed by atoms with E-state index in [9.17, 15) is 0 Å². The summed E-state index contributed by atoms with van der Waals surface area (Å²) in [6.07, 6.45) is 2.51. The Morgan fingerprint density at radius 3 is 3.00 bits per heavy atom. The van der Waals surface area contributed by atoms with E-state index in [1.54, 1.807) is 0 Å². The summed E-state index contributed by atoms with van der Waals surface area (Å²) in [7, 11) is 0. The van der Waals surface area contributed by atoms with Gasteiger partial charge in [0.25, 0.3) is 0 Å². The van der Waals surface area contributed by atoms with Crippen LogP contribution >= 0.6 is 11.6 Å². The number of aromatic nitrogens is 1. The number of oxazole rings is 1. The normalized spacial score (nSPS) is 13.4. The second-order valence-corrected chi connectivity index (χ2v) is 2.87. The Morgan fingerprint density at radius 1 is 1.73 bits per heavy atom. The molecule has 1 aromatic heterocycles. The first-order chi connectivity index (χ1) is 5.29. The van der Waals surface area contributed by atoms with Crippen molar-refractivity contribution >= 4 is 11.6 Å². The van der Waals surface area contributed by atoms with Gasteiger partial charge in [0.05, 0.1) is 11.6 Å². The van der Waals surface area contributed by atoms with Gasteiger partial charge in [0.1, 0.15) is 5.76 Å². The maximum absolute atomic E-state index is 5.65. The first-order valence-electron chi connectivity index (χ1n) is 3.77. The lowest BCUT2D eigenvalue weighted by Gasteiger charge is -2.04. The van der Waals surface area contributed by atoms with E-state index in [4.69, 9.17) is 16.0 Å². The third-order valence-electron chi connectivity index (χ3n) is 1.86. The number of hydrogen-bond acceptors (Lipinski definition) is 2. The molecule has 1 atom stereocenters. The van der Waals surface area contributed by atoms with Crippen LogP contribution in [0.1, 0.15) is 37.6 Å². The van der Waals surface area contributed by atoms with Crippen LogP contribution in [0.25, 0.3) is 0 Å². The van der Waals surface area contributed by atoms with Gasteiger partial charge < -0.3 is 4.42 Å². The molecule has 62 valence electrons. The van der Waals surface area contributed by atoms with E-state index < -0.39 is 0 Å². The highest BCUT2D eigenvalue weighted by Gasteiger charge is 2.12. The van der Waals surface area contributed by atoms with Crippen molar-refractivity contribution in [3.63, 3.8) is 0 Å². The van der Waals surface area contributed by atoms with Gasteiger partial charge in [-0.1, -0.05) is 13.8 Å². The van der Waals surface area contributed by atoms with Gasteiger partial charge in [-0.25, -0.2) is 4.98 Å². The summed E-state index contributed by atoms with van der Waals surface area (Å²) >= 11 is 5.65. The molecular formula is C8H12ClNO. The fourth-order valence-corrected chi connectivity index (χ4v) is 1.17. The maximum Gasteiger partial charge on any atom is 0.181 e. The van der Waals surface area contributed by atoms with Crippen LogP contribution in [0.5, 0.6) is 0 Å². The summed E-state index contributed by atoms with van der Waals surface area (Å²) in [4.78, 5) is 4.01. The number of alkyl halides is 1. The Kier molecular flexibility index (Phi) is 2.94. The monoisotopic (exact) mass is 173 g/mol. The zero-order valence-electron chi connectivity index (χ0n) is 6.80. The number of hydrogen-bond donors (Lipinski definition) is 0. The number of halogens is 1. The van der Waals surface area contributed by atoms with Crippen molar-refractivity contribution in [1.82, 2.24) is 4.98 Å². The van der Waals surface area contributed by atoms with Crippen LogP contribution in [-0.4, -0.2) is 4.98 Å². The van der Waals surface area contributed by atoms with Crippen LogP contribution in [0.2, 0.25) is 0 Å². The van der Waals surface area contributed by atoms with Gasteiger partial charge in [-0.2, -0.15) is 0 Å². The SMILES string of the molecule is CCC(C)c1ocnc1CCl. The van der Waals surface area contributed by atoms with Crippen LogP contribution in [0.15, 0.2) is 10.8 Å². The Hall–Kier alpha value is -0.500. The maximum atomic E-state index is 5.65. The molecule has 3 heteroatoms. The average molecular weight is 174 g/mol. The van der Waals surface area contributed by atoms with Crippen LogP contribution in [0.4, 0.5) is 0 Å². The standard InChI is InChI=1S/C8H12ClNO/c1-3-6(2)8-7(4-9)10-5-11-8/h5-6H,3-4H2,1-2H3. The summed E-state index contributed by atoms with van der Waals surface area (Å²) in [5.41, 5.74) is 0.876. The lowest BCUT2D eigenvalue weighted by molar-refractivity contribution is 0.463. The van der Waals surface area contributed by atoms with Crippen LogP contribution in [-0.2, 0) is 5.88 Å². The molecule has 0 aliphatic carbocycles. The van der Waals surface area contributed by atoms with Crippen LogP contribution in [0, 0.1) is 0 Å². The predicted octanol–water partition coefficient (Wildman–Crippen LogP) is 2.93. The fraction of sp³-hybridized carbons (Fsp3) is 0.625. The summed E-state index contributed by atoms with van der Waals surface area (Å²) in [5.74, 6) is 1.80. The fourth-order valence-electron chi connectivity index (χ4n) is 0.965. The molecule has 1 unspecified atom stereocenters. The second-order valence-electron chi connectivity index (χ2n) is 2.61. The van der Waals surface area contributed by atoms with E-state index in [0.29, 0.717) is 11.8 Å². The van der Waals surface area contributed by atoms with E-state index in [1.807, 2.05) is 0 Å². The Labute approximate surface area is 71.6 Å². The zero-order valence-corrected chi connectivity index (χ0v) is 7.56. The van der Waals surface area contributed by atoms with Gasteiger partial charge >= 0.3 is 0 Å². The Bertz CT molecular complexity index is 222. The van der Waals surface area contributed by atoms with E-state index in [0.717, 1.165) is 17.9 Å². The average Bonchev–Trinajstić information content (AvgIpc) is 2.50. The minimum atomic E-state index is 0.422. The number of nitrogens with zero attached hydrogens (tertiary/aromatic N) is 1. The first-order valence-corrected chi connectivity index (χ1v) is 4.31. The Morgan fingerprint density at radius 2 is 2.45 bits per heavy atom. The molecule has 2 nitrogen and oxygen atoms in total. The topological polar surface area (TPSA) is 26.0 Å². The molecule has 0 saturated carbocycles. The van der Waals surface area contributed by atoms with Crippen LogP contribution in [0.3, 0.4) is 0 Å². The van der Waals surface area contributed by atoms with Gasteiger partial charge in [-0.3, -0.25) is 0 Å². The minimum Gasteiger partial charge on any atom is -0.448 e. The van der Waals surface area contributed by atoms with Crippen molar-refractivity contribution < 1.29 is 4.42 Å². The lowest BCUT2D eigenvalue weighted by atomic mass is 10.1. The van der Waals surface area contributed by atoms with Crippen molar-refractivity contribution in [3.8, 4) is 0 Å². The largest absolute Gasteiger partial charge is 0.448 e. The molecule has 0 spiro atoms. The molecule has 0 N–H and O–H groups in total. The molecule has 0 bridgehead atoms. The smallest absolute Gasteiger partial charge is 0.181 e. The molecule has 0 aromatic carbocycles. The van der Waals surface area contributed by atoms with Gasteiger partial charge in [0, 0.05) is 5.92 Å².